The molecule has 0 aliphatic heterocycles. The summed E-state index contributed by atoms with van der Waals surface area (Å²) < 4.78 is 14.0. The number of nitrogens with one attached hydrogen (secondary N) is 1. The third-order valence-corrected chi connectivity index (χ3v) is 4.10. The van der Waals surface area contributed by atoms with Gasteiger partial charge in [-0.15, -0.1) is 0 Å². The van der Waals surface area contributed by atoms with E-state index in [9.17, 15) is 4.39 Å². The molecule has 0 bridgehead atoms. The standard InChI is InChI=1S/C15H16FIN2/c1-2-10-3-5-11(6-4-10)15(19-18)13-8-7-12(16)9-14(13)17/h3-9,15,19H,2,18H2,1H3. The van der Waals surface area contributed by atoms with Crippen molar-refractivity contribution in [3.63, 3.8) is 0 Å². The van der Waals surface area contributed by atoms with Crippen molar-refractivity contribution in [1.82, 2.24) is 5.43 Å². The highest BCUT2D eigenvalue weighted by Gasteiger charge is 2.15. The molecule has 0 aromatic heterocycles. The van der Waals surface area contributed by atoms with Crippen LogP contribution >= 0.6 is 22.6 Å². The Morgan fingerprint density at radius 1 is 1.21 bits per heavy atom. The Hall–Kier alpha value is -0.980. The molecule has 0 saturated carbocycles. The Labute approximate surface area is 126 Å². The van der Waals surface area contributed by atoms with Crippen molar-refractivity contribution in [1.29, 1.82) is 0 Å². The van der Waals surface area contributed by atoms with Gasteiger partial charge in [0.25, 0.3) is 0 Å². The van der Waals surface area contributed by atoms with E-state index in [1.807, 2.05) is 0 Å². The van der Waals surface area contributed by atoms with Crippen molar-refractivity contribution in [2.75, 3.05) is 0 Å². The number of halogens is 2. The molecular formula is C15H16FIN2. The topological polar surface area (TPSA) is 38.0 Å². The number of hydrazine groups is 1. The molecular weight excluding hydrogens is 354 g/mol. The Kier molecular flexibility index (Phi) is 4.90. The Balaban J connectivity index is 2.37. The molecule has 100 valence electrons. The molecule has 3 N–H and O–H groups in total. The zero-order valence-electron chi connectivity index (χ0n) is 10.7. The molecule has 1 unspecified atom stereocenters. The fourth-order valence-electron chi connectivity index (χ4n) is 2.05. The summed E-state index contributed by atoms with van der Waals surface area (Å²) in [5.41, 5.74) is 6.14. The van der Waals surface area contributed by atoms with E-state index in [1.165, 1.54) is 17.7 Å². The van der Waals surface area contributed by atoms with Crippen LogP contribution < -0.4 is 11.3 Å². The van der Waals surface area contributed by atoms with Gasteiger partial charge in [0, 0.05) is 3.57 Å². The van der Waals surface area contributed by atoms with Gasteiger partial charge in [-0.05, 0) is 57.8 Å². The SMILES string of the molecule is CCc1ccc(C(NN)c2ccc(F)cc2I)cc1. The van der Waals surface area contributed by atoms with Gasteiger partial charge in [0.1, 0.15) is 5.82 Å². The summed E-state index contributed by atoms with van der Waals surface area (Å²) >= 11 is 2.13. The molecule has 0 aliphatic rings. The molecule has 2 rings (SSSR count). The van der Waals surface area contributed by atoms with Gasteiger partial charge in [-0.3, -0.25) is 5.84 Å². The van der Waals surface area contributed by atoms with Crippen molar-refractivity contribution in [2.45, 2.75) is 19.4 Å². The van der Waals surface area contributed by atoms with Crippen molar-refractivity contribution in [2.24, 2.45) is 5.84 Å². The lowest BCUT2D eigenvalue weighted by Crippen LogP contribution is -2.29. The maximum absolute atomic E-state index is 13.2. The first-order valence-electron chi connectivity index (χ1n) is 6.15. The molecule has 0 heterocycles. The average Bonchev–Trinajstić information content (AvgIpc) is 2.42. The molecule has 2 nitrogen and oxygen atoms in total. The van der Waals surface area contributed by atoms with E-state index in [0.717, 1.165) is 21.1 Å². The van der Waals surface area contributed by atoms with Gasteiger partial charge in [0.15, 0.2) is 0 Å². The third-order valence-electron chi connectivity index (χ3n) is 3.16. The summed E-state index contributed by atoms with van der Waals surface area (Å²) in [4.78, 5) is 0. The van der Waals surface area contributed by atoms with Gasteiger partial charge in [-0.1, -0.05) is 37.3 Å². The summed E-state index contributed by atoms with van der Waals surface area (Å²) in [5, 5.41) is 0. The fraction of sp³-hybridized carbons (Fsp3) is 0.200. The molecule has 0 aliphatic carbocycles. The maximum atomic E-state index is 13.2. The van der Waals surface area contributed by atoms with Crippen LogP contribution in [0.25, 0.3) is 0 Å². The van der Waals surface area contributed by atoms with E-state index >= 15 is 0 Å². The fourth-order valence-corrected chi connectivity index (χ4v) is 2.84. The van der Waals surface area contributed by atoms with Crippen molar-refractivity contribution in [3.8, 4) is 0 Å². The number of benzene rings is 2. The molecule has 0 fully saturated rings. The molecule has 0 saturated heterocycles. The van der Waals surface area contributed by atoms with Gasteiger partial charge in [-0.25, -0.2) is 9.82 Å². The predicted octanol–water partition coefficient (Wildman–Crippen LogP) is 3.55. The van der Waals surface area contributed by atoms with Gasteiger partial charge in [0.05, 0.1) is 6.04 Å². The third kappa shape index (κ3) is 3.32. The lowest BCUT2D eigenvalue weighted by atomic mass is 9.98. The number of hydrogen-bond donors (Lipinski definition) is 2. The van der Waals surface area contributed by atoms with Gasteiger partial charge >= 0.3 is 0 Å². The van der Waals surface area contributed by atoms with Crippen LogP contribution in [-0.4, -0.2) is 0 Å². The lowest BCUT2D eigenvalue weighted by Gasteiger charge is -2.18. The first-order valence-corrected chi connectivity index (χ1v) is 7.23. The first-order chi connectivity index (χ1) is 9.15. The first kappa shape index (κ1) is 14.4. The molecule has 19 heavy (non-hydrogen) atoms. The molecule has 4 heteroatoms. The molecule has 2 aromatic rings. The highest BCUT2D eigenvalue weighted by Crippen LogP contribution is 2.26. The monoisotopic (exact) mass is 370 g/mol. The zero-order chi connectivity index (χ0) is 13.8. The molecule has 0 radical (unpaired) electrons. The molecule has 1 atom stereocenters. The summed E-state index contributed by atoms with van der Waals surface area (Å²) in [7, 11) is 0. The second-order valence-electron chi connectivity index (χ2n) is 4.36. The Bertz CT molecular complexity index is 555. The van der Waals surface area contributed by atoms with Gasteiger partial charge < -0.3 is 0 Å². The second-order valence-corrected chi connectivity index (χ2v) is 5.52. The summed E-state index contributed by atoms with van der Waals surface area (Å²) in [6, 6.07) is 12.9. The number of hydrogen-bond acceptors (Lipinski definition) is 2. The highest BCUT2D eigenvalue weighted by atomic mass is 127. The second kappa shape index (κ2) is 6.45. The number of nitrogens with two attached hydrogens (primary N) is 1. The van der Waals surface area contributed by atoms with E-state index in [1.54, 1.807) is 6.07 Å². The van der Waals surface area contributed by atoms with Crippen LogP contribution in [-0.2, 0) is 6.42 Å². The van der Waals surface area contributed by atoms with Crippen LogP contribution in [0.2, 0.25) is 0 Å². The largest absolute Gasteiger partial charge is 0.271 e. The van der Waals surface area contributed by atoms with E-state index in [4.69, 9.17) is 5.84 Å². The summed E-state index contributed by atoms with van der Waals surface area (Å²) in [6.07, 6.45) is 1.01. The van der Waals surface area contributed by atoms with E-state index < -0.39 is 0 Å². The molecule has 2 aromatic carbocycles. The van der Waals surface area contributed by atoms with Crippen molar-refractivity contribution >= 4 is 22.6 Å². The minimum atomic E-state index is -0.231. The van der Waals surface area contributed by atoms with Gasteiger partial charge in [0.2, 0.25) is 0 Å². The molecule has 0 amide bonds. The number of aryl methyl sites for hydroxylation is 1. The van der Waals surface area contributed by atoms with Crippen LogP contribution in [0.4, 0.5) is 4.39 Å². The van der Waals surface area contributed by atoms with Crippen LogP contribution in [0.3, 0.4) is 0 Å². The normalized spacial score (nSPS) is 12.4. The summed E-state index contributed by atoms with van der Waals surface area (Å²) in [5.74, 6) is 5.44. The minimum Gasteiger partial charge on any atom is -0.271 e. The maximum Gasteiger partial charge on any atom is 0.124 e. The number of rotatable bonds is 4. The summed E-state index contributed by atoms with van der Waals surface area (Å²) in [6.45, 7) is 2.12. The lowest BCUT2D eigenvalue weighted by molar-refractivity contribution is 0.612. The van der Waals surface area contributed by atoms with Gasteiger partial charge in [-0.2, -0.15) is 0 Å². The highest BCUT2D eigenvalue weighted by molar-refractivity contribution is 14.1. The van der Waals surface area contributed by atoms with Crippen LogP contribution in [0.5, 0.6) is 0 Å². The van der Waals surface area contributed by atoms with Crippen LogP contribution in [0.1, 0.15) is 29.7 Å². The van der Waals surface area contributed by atoms with Crippen molar-refractivity contribution in [3.05, 3.63) is 68.5 Å². The van der Waals surface area contributed by atoms with E-state index in [2.05, 4.69) is 59.2 Å². The van der Waals surface area contributed by atoms with Crippen LogP contribution in [0, 0.1) is 9.39 Å². The average molecular weight is 370 g/mol. The Morgan fingerprint density at radius 2 is 1.89 bits per heavy atom. The minimum absolute atomic E-state index is 0.126. The van der Waals surface area contributed by atoms with E-state index in [-0.39, 0.29) is 11.9 Å². The Morgan fingerprint density at radius 3 is 2.42 bits per heavy atom. The predicted molar refractivity (Wildman–Crippen MR) is 84.1 cm³/mol. The quantitative estimate of drug-likeness (QED) is 0.491. The molecule has 0 spiro atoms. The zero-order valence-corrected chi connectivity index (χ0v) is 12.8. The van der Waals surface area contributed by atoms with Crippen LogP contribution in [0.15, 0.2) is 42.5 Å². The smallest absolute Gasteiger partial charge is 0.124 e. The van der Waals surface area contributed by atoms with Crippen molar-refractivity contribution < 1.29 is 4.39 Å². The van der Waals surface area contributed by atoms with E-state index in [0.29, 0.717) is 0 Å².